The molecule has 108 valence electrons. The quantitative estimate of drug-likeness (QED) is 0.399. The molecule has 5 nitrogen and oxygen atoms in total. The Morgan fingerprint density at radius 2 is 2.10 bits per heavy atom. The maximum absolute atomic E-state index is 12.5. The van der Waals surface area contributed by atoms with Gasteiger partial charge in [0.05, 0.1) is 23.5 Å². The molecule has 4 fully saturated rings. The molecular formula is C15H18O5. The number of rotatable bonds is 0. The van der Waals surface area contributed by atoms with Gasteiger partial charge in [-0.05, 0) is 19.3 Å². The summed E-state index contributed by atoms with van der Waals surface area (Å²) in [5.74, 6) is -0.869. The number of carbonyl (C=O) groups excluding carboxylic acids is 2. The Morgan fingerprint density at radius 3 is 2.80 bits per heavy atom. The van der Waals surface area contributed by atoms with E-state index in [0.717, 1.165) is 0 Å². The summed E-state index contributed by atoms with van der Waals surface area (Å²) >= 11 is 0. The van der Waals surface area contributed by atoms with Crippen molar-refractivity contribution in [2.45, 2.75) is 50.6 Å². The number of Topliss-reactive ketones (excluding diaryl/α,β-unsaturated/α-hetero) is 1. The molecule has 4 rings (SSSR count). The van der Waals surface area contributed by atoms with E-state index < -0.39 is 35.1 Å². The summed E-state index contributed by atoms with van der Waals surface area (Å²) in [5.41, 5.74) is -1.16. The van der Waals surface area contributed by atoms with Crippen LogP contribution in [-0.2, 0) is 19.1 Å². The first-order chi connectivity index (χ1) is 9.34. The van der Waals surface area contributed by atoms with Crippen LogP contribution in [0.2, 0.25) is 0 Å². The molecule has 0 aromatic carbocycles. The molecule has 2 heterocycles. The fraction of sp³-hybridized carbons (Fsp3) is 0.733. The van der Waals surface area contributed by atoms with E-state index in [9.17, 15) is 14.7 Å². The van der Waals surface area contributed by atoms with Crippen LogP contribution in [0.4, 0.5) is 0 Å². The van der Waals surface area contributed by atoms with E-state index in [0.29, 0.717) is 12.8 Å². The minimum atomic E-state index is -0.867. The number of aliphatic hydroxyl groups is 1. The van der Waals surface area contributed by atoms with Gasteiger partial charge >= 0.3 is 5.97 Å². The van der Waals surface area contributed by atoms with Crippen LogP contribution in [-0.4, -0.2) is 40.8 Å². The van der Waals surface area contributed by atoms with Gasteiger partial charge in [0.2, 0.25) is 0 Å². The molecule has 20 heavy (non-hydrogen) atoms. The summed E-state index contributed by atoms with van der Waals surface area (Å²) in [6, 6.07) is 0. The molecule has 2 aliphatic carbocycles. The summed E-state index contributed by atoms with van der Waals surface area (Å²) in [5, 5.41) is 10.4. The van der Waals surface area contributed by atoms with E-state index in [-0.39, 0.29) is 23.4 Å². The monoisotopic (exact) mass is 278 g/mol. The van der Waals surface area contributed by atoms with Gasteiger partial charge < -0.3 is 14.6 Å². The van der Waals surface area contributed by atoms with Gasteiger partial charge in [-0.2, -0.15) is 0 Å². The van der Waals surface area contributed by atoms with Crippen molar-refractivity contribution in [1.29, 1.82) is 0 Å². The van der Waals surface area contributed by atoms with E-state index >= 15 is 0 Å². The fourth-order valence-electron chi connectivity index (χ4n) is 4.95. The lowest BCUT2D eigenvalue weighted by Gasteiger charge is -2.37. The van der Waals surface area contributed by atoms with E-state index in [1.807, 2.05) is 13.8 Å². The fourth-order valence-corrected chi connectivity index (χ4v) is 4.95. The van der Waals surface area contributed by atoms with Crippen LogP contribution in [0.25, 0.3) is 0 Å². The Labute approximate surface area is 116 Å². The number of ketones is 1. The van der Waals surface area contributed by atoms with Gasteiger partial charge in [-0.3, -0.25) is 4.79 Å². The van der Waals surface area contributed by atoms with E-state index in [4.69, 9.17) is 9.47 Å². The van der Waals surface area contributed by atoms with Gasteiger partial charge in [0, 0.05) is 12.0 Å². The van der Waals surface area contributed by atoms with Crippen LogP contribution in [0.5, 0.6) is 0 Å². The highest BCUT2D eigenvalue weighted by Gasteiger charge is 2.82. The maximum atomic E-state index is 12.5. The van der Waals surface area contributed by atoms with Gasteiger partial charge in [0.1, 0.15) is 17.5 Å². The van der Waals surface area contributed by atoms with Gasteiger partial charge in [0.25, 0.3) is 0 Å². The Bertz CT molecular complexity index is 554. The van der Waals surface area contributed by atoms with E-state index in [1.165, 1.54) is 0 Å². The smallest absolute Gasteiger partial charge is 0.334 e. The number of hydrogen-bond donors (Lipinski definition) is 1. The van der Waals surface area contributed by atoms with Crippen molar-refractivity contribution >= 4 is 11.8 Å². The zero-order chi connectivity index (χ0) is 14.4. The third-order valence-electron chi connectivity index (χ3n) is 6.06. The molecule has 2 saturated heterocycles. The number of aliphatic hydroxyl groups excluding tert-OH is 1. The van der Waals surface area contributed by atoms with Crippen molar-refractivity contribution in [3.63, 3.8) is 0 Å². The molecule has 2 saturated carbocycles. The molecule has 1 N–H and O–H groups in total. The van der Waals surface area contributed by atoms with Crippen molar-refractivity contribution < 1.29 is 24.2 Å². The highest BCUT2D eigenvalue weighted by molar-refractivity contribution is 5.96. The first-order valence-electron chi connectivity index (χ1n) is 7.13. The number of carbonyl (C=O) groups is 2. The second-order valence-corrected chi connectivity index (χ2v) is 6.81. The lowest BCUT2D eigenvalue weighted by molar-refractivity contribution is -0.156. The number of epoxide rings is 1. The van der Waals surface area contributed by atoms with Crippen molar-refractivity contribution in [3.8, 4) is 0 Å². The number of esters is 1. The van der Waals surface area contributed by atoms with Crippen LogP contribution in [0.15, 0.2) is 12.2 Å². The molecule has 4 aliphatic rings. The van der Waals surface area contributed by atoms with Gasteiger partial charge in [0.15, 0.2) is 0 Å². The Hall–Kier alpha value is -1.20. The average Bonchev–Trinajstić information content (AvgIpc) is 2.97. The highest BCUT2D eigenvalue weighted by Crippen LogP contribution is 2.68. The van der Waals surface area contributed by atoms with Crippen molar-refractivity contribution in [3.05, 3.63) is 12.2 Å². The first-order valence-corrected chi connectivity index (χ1v) is 7.13. The molecule has 1 spiro atoms. The third kappa shape index (κ3) is 1.06. The largest absolute Gasteiger partial charge is 0.457 e. The number of fused-ring (bicyclic) bond motifs is 2. The van der Waals surface area contributed by atoms with Gasteiger partial charge in [-0.1, -0.05) is 13.5 Å². The summed E-state index contributed by atoms with van der Waals surface area (Å²) in [7, 11) is 0. The molecule has 0 aromatic heterocycles. The van der Waals surface area contributed by atoms with Gasteiger partial charge in [-0.25, -0.2) is 4.79 Å². The summed E-state index contributed by atoms with van der Waals surface area (Å²) in [6.45, 7) is 7.60. The van der Waals surface area contributed by atoms with Crippen LogP contribution in [0, 0.1) is 17.3 Å². The van der Waals surface area contributed by atoms with Crippen LogP contribution in [0.1, 0.15) is 26.7 Å². The Kier molecular flexibility index (Phi) is 2.09. The molecule has 7 atom stereocenters. The Morgan fingerprint density at radius 1 is 1.40 bits per heavy atom. The van der Waals surface area contributed by atoms with Crippen LogP contribution in [0.3, 0.4) is 0 Å². The lowest BCUT2D eigenvalue weighted by atomic mass is 9.67. The van der Waals surface area contributed by atoms with Crippen LogP contribution < -0.4 is 0 Å². The van der Waals surface area contributed by atoms with Gasteiger partial charge in [-0.15, -0.1) is 0 Å². The summed E-state index contributed by atoms with van der Waals surface area (Å²) in [6.07, 6.45) is -0.584. The third-order valence-corrected chi connectivity index (χ3v) is 6.06. The zero-order valence-corrected chi connectivity index (χ0v) is 11.6. The van der Waals surface area contributed by atoms with E-state index in [2.05, 4.69) is 6.58 Å². The second kappa shape index (κ2) is 3.34. The maximum Gasteiger partial charge on any atom is 0.334 e. The minimum absolute atomic E-state index is 0.0519. The number of hydrogen-bond acceptors (Lipinski definition) is 5. The molecule has 0 radical (unpaired) electrons. The number of ether oxygens (including phenoxy) is 2. The molecule has 0 aromatic rings. The van der Waals surface area contributed by atoms with Crippen LogP contribution >= 0.6 is 0 Å². The summed E-state index contributed by atoms with van der Waals surface area (Å²) < 4.78 is 11.3. The Balaban J connectivity index is 1.90. The molecule has 0 amide bonds. The topological polar surface area (TPSA) is 76.1 Å². The zero-order valence-electron chi connectivity index (χ0n) is 11.6. The molecule has 5 heteroatoms. The normalized spacial score (nSPS) is 56.8. The standard InChI is InChI=1S/C15H18O5/c1-6-4-8(16)11-7(2)13(18)19-12(11)14(3)9(17)5-10-15(6,14)20-10/h6,8,10-12,16H,2,4-5H2,1,3H3. The predicted molar refractivity (Wildman–Crippen MR) is 67.6 cm³/mol. The molecule has 7 unspecified atom stereocenters. The molecule has 2 aliphatic heterocycles. The summed E-state index contributed by atoms with van der Waals surface area (Å²) in [4.78, 5) is 24.4. The first kappa shape index (κ1) is 12.5. The van der Waals surface area contributed by atoms with Crippen molar-refractivity contribution in [2.24, 2.45) is 17.3 Å². The predicted octanol–water partition coefficient (Wildman–Crippen LogP) is 0.602. The van der Waals surface area contributed by atoms with Crippen molar-refractivity contribution in [2.75, 3.05) is 0 Å². The lowest BCUT2D eigenvalue weighted by Crippen LogP contribution is -2.51. The SMILES string of the molecule is C=C1C(=O)OC2C1C(O)CC(C)C13OC1CC(=O)C23C. The van der Waals surface area contributed by atoms with Crippen molar-refractivity contribution in [1.82, 2.24) is 0 Å². The highest BCUT2D eigenvalue weighted by atomic mass is 16.6. The second-order valence-electron chi connectivity index (χ2n) is 6.81. The molecule has 0 bridgehead atoms. The van der Waals surface area contributed by atoms with E-state index in [1.54, 1.807) is 0 Å². The average molecular weight is 278 g/mol. The minimum Gasteiger partial charge on any atom is -0.457 e. The molecular weight excluding hydrogens is 260 g/mol.